The van der Waals surface area contributed by atoms with Gasteiger partial charge in [-0.2, -0.15) is 0 Å². The molecule has 112 valence electrons. The molecule has 9 nitrogen and oxygen atoms in total. The molecule has 0 fully saturated rings. The van der Waals surface area contributed by atoms with E-state index in [4.69, 9.17) is 5.90 Å². The topological polar surface area (TPSA) is 117 Å². The van der Waals surface area contributed by atoms with Gasteiger partial charge in [0.2, 0.25) is 0 Å². The monoisotopic (exact) mass is 305 g/mol. The number of aryl methyl sites for hydroxylation is 1. The Morgan fingerprint density at radius 1 is 1.40 bits per heavy atom. The Balaban J connectivity index is 0.00000200. The van der Waals surface area contributed by atoms with Crippen LogP contribution in [0, 0.1) is 0 Å². The third-order valence-electron chi connectivity index (χ3n) is 2.91. The highest BCUT2D eigenvalue weighted by molar-refractivity contribution is 5.85. The molecule has 0 aromatic carbocycles. The summed E-state index contributed by atoms with van der Waals surface area (Å²) in [7, 11) is 2.92. The van der Waals surface area contributed by atoms with Crippen LogP contribution >= 0.6 is 12.4 Å². The van der Waals surface area contributed by atoms with Crippen LogP contribution in [0.3, 0.4) is 0 Å². The van der Waals surface area contributed by atoms with Gasteiger partial charge >= 0.3 is 5.69 Å². The lowest BCUT2D eigenvalue weighted by Crippen LogP contribution is -2.38. The van der Waals surface area contributed by atoms with E-state index in [0.717, 1.165) is 4.57 Å². The molecule has 0 saturated heterocycles. The lowest BCUT2D eigenvalue weighted by molar-refractivity contribution is 0.0283. The van der Waals surface area contributed by atoms with Gasteiger partial charge in [0.1, 0.15) is 0 Å². The molecule has 0 saturated carbocycles. The lowest BCUT2D eigenvalue weighted by Gasteiger charge is -2.10. The maximum Gasteiger partial charge on any atom is 0.332 e. The molecule has 0 spiro atoms. The van der Waals surface area contributed by atoms with Crippen molar-refractivity contribution in [3.05, 3.63) is 27.2 Å². The number of hydrogen-bond donors (Lipinski definition) is 2. The largest absolute Gasteiger partial charge is 0.389 e. The Kier molecular flexibility index (Phi) is 5.06. The summed E-state index contributed by atoms with van der Waals surface area (Å²) in [6.45, 7) is 0.0346. The van der Waals surface area contributed by atoms with Gasteiger partial charge in [0.05, 0.1) is 25.6 Å². The first kappa shape index (κ1) is 16.4. The molecule has 20 heavy (non-hydrogen) atoms. The molecule has 1 atom stereocenters. The average molecular weight is 306 g/mol. The van der Waals surface area contributed by atoms with E-state index < -0.39 is 17.4 Å². The zero-order chi connectivity index (χ0) is 14.2. The van der Waals surface area contributed by atoms with Gasteiger partial charge in [0.15, 0.2) is 11.2 Å². The molecule has 0 aliphatic rings. The zero-order valence-corrected chi connectivity index (χ0v) is 11.8. The van der Waals surface area contributed by atoms with E-state index in [-0.39, 0.29) is 36.7 Å². The van der Waals surface area contributed by atoms with Crippen molar-refractivity contribution in [2.24, 2.45) is 20.0 Å². The Labute approximate surface area is 119 Å². The standard InChI is InChI=1S/C10H15N5O4.ClH/c1-13-8-7(9(17)14(2)10(13)18)15(5-12-8)3-6(16)4-19-11;/h5-6,16H,3-4,11H2,1-2H3;1H. The van der Waals surface area contributed by atoms with Crippen molar-refractivity contribution < 1.29 is 9.94 Å². The van der Waals surface area contributed by atoms with E-state index in [1.807, 2.05) is 0 Å². The van der Waals surface area contributed by atoms with E-state index in [9.17, 15) is 14.7 Å². The van der Waals surface area contributed by atoms with Gasteiger partial charge < -0.3 is 14.5 Å². The lowest BCUT2D eigenvalue weighted by atomic mass is 10.3. The highest BCUT2D eigenvalue weighted by Gasteiger charge is 2.16. The van der Waals surface area contributed by atoms with Crippen molar-refractivity contribution in [2.45, 2.75) is 12.6 Å². The zero-order valence-electron chi connectivity index (χ0n) is 11.0. The van der Waals surface area contributed by atoms with Crippen LogP contribution in [0.1, 0.15) is 0 Å². The number of hydrogen-bond acceptors (Lipinski definition) is 6. The smallest absolute Gasteiger partial charge is 0.332 e. The SMILES string of the molecule is Cl.Cn1c(=O)c2c(ncn2CC(O)CON)n(C)c1=O. The molecule has 2 aromatic heterocycles. The minimum Gasteiger partial charge on any atom is -0.389 e. The van der Waals surface area contributed by atoms with Crippen LogP contribution in [0.2, 0.25) is 0 Å². The number of aliphatic hydroxyl groups excluding tert-OH is 1. The Bertz CT molecular complexity index is 719. The maximum absolute atomic E-state index is 12.1. The van der Waals surface area contributed by atoms with Crippen LogP contribution < -0.4 is 17.1 Å². The van der Waals surface area contributed by atoms with Crippen LogP contribution in [-0.4, -0.2) is 36.5 Å². The van der Waals surface area contributed by atoms with Crippen molar-refractivity contribution in [1.82, 2.24) is 18.7 Å². The molecule has 0 aliphatic carbocycles. The first-order valence-electron chi connectivity index (χ1n) is 5.58. The number of halogens is 1. The molecule has 3 N–H and O–H groups in total. The van der Waals surface area contributed by atoms with Crippen molar-refractivity contribution in [3.63, 3.8) is 0 Å². The number of aromatic nitrogens is 4. The second-order valence-corrected chi connectivity index (χ2v) is 4.26. The van der Waals surface area contributed by atoms with E-state index in [2.05, 4.69) is 9.82 Å². The predicted molar refractivity (Wildman–Crippen MR) is 73.6 cm³/mol. The molecule has 0 radical (unpaired) electrons. The van der Waals surface area contributed by atoms with Gasteiger partial charge in [-0.3, -0.25) is 13.9 Å². The summed E-state index contributed by atoms with van der Waals surface area (Å²) in [5.41, 5.74) is -0.389. The Hall–Kier alpha value is -1.68. The summed E-state index contributed by atoms with van der Waals surface area (Å²) >= 11 is 0. The van der Waals surface area contributed by atoms with Crippen molar-refractivity contribution in [2.75, 3.05) is 6.61 Å². The fourth-order valence-corrected chi connectivity index (χ4v) is 1.93. The van der Waals surface area contributed by atoms with Gasteiger partial charge in [0, 0.05) is 14.1 Å². The molecule has 0 bridgehead atoms. The van der Waals surface area contributed by atoms with Crippen LogP contribution in [0.5, 0.6) is 0 Å². The first-order valence-corrected chi connectivity index (χ1v) is 5.58. The summed E-state index contributed by atoms with van der Waals surface area (Å²) in [6, 6.07) is 0. The predicted octanol–water partition coefficient (Wildman–Crippen LogP) is -1.89. The minimum atomic E-state index is -0.871. The number of nitrogens with zero attached hydrogens (tertiary/aromatic N) is 4. The van der Waals surface area contributed by atoms with Crippen LogP contribution in [0.25, 0.3) is 11.2 Å². The van der Waals surface area contributed by atoms with Crippen LogP contribution in [-0.2, 0) is 25.5 Å². The molecular formula is C10H16ClN5O4. The summed E-state index contributed by atoms with van der Waals surface area (Å²) in [5, 5.41) is 9.63. The fourth-order valence-electron chi connectivity index (χ4n) is 1.93. The Morgan fingerprint density at radius 2 is 2.05 bits per heavy atom. The molecule has 2 rings (SSSR count). The summed E-state index contributed by atoms with van der Waals surface area (Å²) in [4.78, 5) is 32.2. The Morgan fingerprint density at radius 3 is 2.65 bits per heavy atom. The fraction of sp³-hybridized carbons (Fsp3) is 0.500. The number of aliphatic hydroxyl groups is 1. The maximum atomic E-state index is 12.1. The molecule has 0 aliphatic heterocycles. The van der Waals surface area contributed by atoms with Gasteiger partial charge in [-0.1, -0.05) is 0 Å². The van der Waals surface area contributed by atoms with Gasteiger partial charge in [-0.15, -0.1) is 12.4 Å². The molecular weight excluding hydrogens is 290 g/mol. The van der Waals surface area contributed by atoms with Gasteiger partial charge in [-0.25, -0.2) is 15.7 Å². The average Bonchev–Trinajstić information content (AvgIpc) is 2.78. The van der Waals surface area contributed by atoms with E-state index in [1.54, 1.807) is 0 Å². The minimum absolute atomic E-state index is 0. The quantitative estimate of drug-likeness (QED) is 0.638. The summed E-state index contributed by atoms with van der Waals surface area (Å²) < 4.78 is 3.74. The summed E-state index contributed by atoms with van der Waals surface area (Å²) in [6.07, 6.45) is 0.523. The van der Waals surface area contributed by atoms with E-state index >= 15 is 0 Å². The van der Waals surface area contributed by atoms with Gasteiger partial charge in [-0.05, 0) is 0 Å². The van der Waals surface area contributed by atoms with E-state index in [0.29, 0.717) is 0 Å². The van der Waals surface area contributed by atoms with Crippen molar-refractivity contribution in [1.29, 1.82) is 0 Å². The second-order valence-electron chi connectivity index (χ2n) is 4.26. The number of fused-ring (bicyclic) bond motifs is 1. The molecule has 2 aromatic rings. The highest BCUT2D eigenvalue weighted by atomic mass is 35.5. The second kappa shape index (κ2) is 6.18. The molecule has 0 amide bonds. The van der Waals surface area contributed by atoms with Crippen molar-refractivity contribution >= 4 is 23.6 Å². The van der Waals surface area contributed by atoms with Crippen LogP contribution in [0.4, 0.5) is 0 Å². The number of rotatable bonds is 4. The van der Waals surface area contributed by atoms with Crippen molar-refractivity contribution in [3.8, 4) is 0 Å². The normalized spacial score (nSPS) is 12.4. The number of nitrogens with two attached hydrogens (primary N) is 1. The first-order chi connectivity index (χ1) is 8.97. The highest BCUT2D eigenvalue weighted by Crippen LogP contribution is 2.06. The number of imidazole rings is 1. The van der Waals surface area contributed by atoms with E-state index in [1.165, 1.54) is 29.6 Å². The molecule has 1 unspecified atom stereocenters. The third kappa shape index (κ3) is 2.61. The van der Waals surface area contributed by atoms with Crippen LogP contribution in [0.15, 0.2) is 15.9 Å². The third-order valence-corrected chi connectivity index (χ3v) is 2.91. The van der Waals surface area contributed by atoms with Gasteiger partial charge in [0.25, 0.3) is 5.56 Å². The molecule has 10 heteroatoms. The summed E-state index contributed by atoms with van der Waals surface area (Å²) in [5.74, 6) is 4.87. The molecule has 2 heterocycles.